The van der Waals surface area contributed by atoms with Crippen molar-refractivity contribution in [2.24, 2.45) is 5.73 Å². The first-order valence-electron chi connectivity index (χ1n) is 4.40. The minimum absolute atomic E-state index is 0.0821. The second-order valence-electron chi connectivity index (χ2n) is 3.01. The van der Waals surface area contributed by atoms with Gasteiger partial charge in [-0.3, -0.25) is 0 Å². The zero-order valence-corrected chi connectivity index (χ0v) is 7.37. The number of allylic oxidation sites excluding steroid dienone is 1. The van der Waals surface area contributed by atoms with Gasteiger partial charge in [0.25, 0.3) is 0 Å². The lowest BCUT2D eigenvalue weighted by Gasteiger charge is -2.27. The molecule has 1 fully saturated rings. The lowest BCUT2D eigenvalue weighted by Crippen LogP contribution is -2.43. The van der Waals surface area contributed by atoms with Crippen LogP contribution in [0.3, 0.4) is 0 Å². The Balaban J connectivity index is 2.19. The number of ether oxygens (including phenoxy) is 2. The van der Waals surface area contributed by atoms with Crippen LogP contribution in [0.15, 0.2) is 12.7 Å². The van der Waals surface area contributed by atoms with Crippen molar-refractivity contribution < 1.29 is 9.47 Å². The molecule has 0 aromatic rings. The Morgan fingerprint density at radius 3 is 3.00 bits per heavy atom. The van der Waals surface area contributed by atoms with Crippen LogP contribution in [-0.4, -0.2) is 32.0 Å². The van der Waals surface area contributed by atoms with E-state index in [4.69, 9.17) is 15.2 Å². The van der Waals surface area contributed by atoms with Gasteiger partial charge < -0.3 is 15.2 Å². The summed E-state index contributed by atoms with van der Waals surface area (Å²) >= 11 is 0. The molecule has 0 aromatic carbocycles. The van der Waals surface area contributed by atoms with Crippen LogP contribution in [0, 0.1) is 0 Å². The lowest BCUT2D eigenvalue weighted by molar-refractivity contribution is -0.0975. The SMILES string of the molecule is C=CCCC(N)C1COCCO1. The largest absolute Gasteiger partial charge is 0.376 e. The smallest absolute Gasteiger partial charge is 0.0960 e. The van der Waals surface area contributed by atoms with Crippen LogP contribution in [0.1, 0.15) is 12.8 Å². The summed E-state index contributed by atoms with van der Waals surface area (Å²) in [5.74, 6) is 0. The minimum Gasteiger partial charge on any atom is -0.376 e. The molecule has 3 heteroatoms. The molecule has 2 unspecified atom stereocenters. The fourth-order valence-electron chi connectivity index (χ4n) is 1.25. The quantitative estimate of drug-likeness (QED) is 0.633. The van der Waals surface area contributed by atoms with Crippen molar-refractivity contribution in [1.29, 1.82) is 0 Å². The average Bonchev–Trinajstić information content (AvgIpc) is 2.15. The fraction of sp³-hybridized carbons (Fsp3) is 0.778. The van der Waals surface area contributed by atoms with Gasteiger partial charge in [0.2, 0.25) is 0 Å². The van der Waals surface area contributed by atoms with E-state index in [-0.39, 0.29) is 12.1 Å². The number of hydrogen-bond acceptors (Lipinski definition) is 3. The Morgan fingerprint density at radius 2 is 2.42 bits per heavy atom. The second kappa shape index (κ2) is 5.30. The summed E-state index contributed by atoms with van der Waals surface area (Å²) in [6, 6.07) is 0.0864. The van der Waals surface area contributed by atoms with Crippen LogP contribution in [0.2, 0.25) is 0 Å². The zero-order chi connectivity index (χ0) is 8.81. The Hall–Kier alpha value is -0.380. The van der Waals surface area contributed by atoms with E-state index >= 15 is 0 Å². The third-order valence-electron chi connectivity index (χ3n) is 2.02. The number of hydrogen-bond donors (Lipinski definition) is 1. The average molecular weight is 171 g/mol. The molecule has 1 rings (SSSR count). The van der Waals surface area contributed by atoms with Gasteiger partial charge in [0, 0.05) is 6.04 Å². The fourth-order valence-corrected chi connectivity index (χ4v) is 1.25. The Kier molecular flexibility index (Phi) is 4.29. The molecule has 0 amide bonds. The van der Waals surface area contributed by atoms with E-state index in [0.717, 1.165) is 12.8 Å². The number of nitrogens with two attached hydrogens (primary N) is 1. The van der Waals surface area contributed by atoms with E-state index in [1.165, 1.54) is 0 Å². The summed E-state index contributed by atoms with van der Waals surface area (Å²) in [7, 11) is 0. The molecule has 0 aromatic heterocycles. The summed E-state index contributed by atoms with van der Waals surface area (Å²) in [5.41, 5.74) is 5.88. The van der Waals surface area contributed by atoms with E-state index in [0.29, 0.717) is 19.8 Å². The second-order valence-corrected chi connectivity index (χ2v) is 3.01. The molecule has 1 aliphatic heterocycles. The summed E-state index contributed by atoms with van der Waals surface area (Å²) in [5, 5.41) is 0. The third kappa shape index (κ3) is 2.93. The molecule has 0 saturated carbocycles. The summed E-state index contributed by atoms with van der Waals surface area (Å²) < 4.78 is 10.7. The first kappa shape index (κ1) is 9.71. The van der Waals surface area contributed by atoms with Gasteiger partial charge in [-0.25, -0.2) is 0 Å². The molecule has 2 N–H and O–H groups in total. The van der Waals surface area contributed by atoms with Gasteiger partial charge >= 0.3 is 0 Å². The van der Waals surface area contributed by atoms with Crippen molar-refractivity contribution in [2.45, 2.75) is 25.0 Å². The summed E-state index contributed by atoms with van der Waals surface area (Å²) in [6.07, 6.45) is 3.83. The van der Waals surface area contributed by atoms with Gasteiger partial charge in [0.05, 0.1) is 25.9 Å². The van der Waals surface area contributed by atoms with Gasteiger partial charge in [-0.1, -0.05) is 6.08 Å². The van der Waals surface area contributed by atoms with Gasteiger partial charge in [-0.05, 0) is 12.8 Å². The molecule has 0 bridgehead atoms. The predicted molar refractivity (Wildman–Crippen MR) is 48.0 cm³/mol. The normalized spacial score (nSPS) is 26.6. The minimum atomic E-state index is 0.0821. The highest BCUT2D eigenvalue weighted by atomic mass is 16.6. The maximum absolute atomic E-state index is 5.88. The molecule has 70 valence electrons. The summed E-state index contributed by atoms with van der Waals surface area (Å²) in [6.45, 7) is 5.66. The molecule has 1 aliphatic rings. The van der Waals surface area contributed by atoms with E-state index in [1.54, 1.807) is 0 Å². The van der Waals surface area contributed by atoms with Gasteiger partial charge in [0.15, 0.2) is 0 Å². The van der Waals surface area contributed by atoms with Crippen LogP contribution < -0.4 is 5.73 Å². The maximum atomic E-state index is 5.88. The maximum Gasteiger partial charge on any atom is 0.0960 e. The van der Waals surface area contributed by atoms with Crippen LogP contribution in [0.5, 0.6) is 0 Å². The molecule has 0 aliphatic carbocycles. The van der Waals surface area contributed by atoms with E-state index in [9.17, 15) is 0 Å². The van der Waals surface area contributed by atoms with Crippen LogP contribution in [-0.2, 0) is 9.47 Å². The Morgan fingerprint density at radius 1 is 1.58 bits per heavy atom. The van der Waals surface area contributed by atoms with Gasteiger partial charge in [-0.2, -0.15) is 0 Å². The molecule has 12 heavy (non-hydrogen) atoms. The van der Waals surface area contributed by atoms with Gasteiger partial charge in [-0.15, -0.1) is 6.58 Å². The van der Waals surface area contributed by atoms with Crippen molar-refractivity contribution >= 4 is 0 Å². The standard InChI is InChI=1S/C9H17NO2/c1-2-3-4-8(10)9-7-11-5-6-12-9/h2,8-9H,1,3-7,10H2. The van der Waals surface area contributed by atoms with E-state index in [1.807, 2.05) is 6.08 Å². The highest BCUT2D eigenvalue weighted by molar-refractivity contribution is 4.78. The molecule has 0 spiro atoms. The van der Waals surface area contributed by atoms with E-state index in [2.05, 4.69) is 6.58 Å². The third-order valence-corrected chi connectivity index (χ3v) is 2.02. The summed E-state index contributed by atoms with van der Waals surface area (Å²) in [4.78, 5) is 0. The molecule has 0 radical (unpaired) electrons. The van der Waals surface area contributed by atoms with Crippen LogP contribution in [0.25, 0.3) is 0 Å². The van der Waals surface area contributed by atoms with Crippen molar-refractivity contribution in [1.82, 2.24) is 0 Å². The lowest BCUT2D eigenvalue weighted by atomic mass is 10.1. The van der Waals surface area contributed by atoms with Crippen LogP contribution in [0.4, 0.5) is 0 Å². The van der Waals surface area contributed by atoms with Crippen LogP contribution >= 0.6 is 0 Å². The molecule has 2 atom stereocenters. The van der Waals surface area contributed by atoms with Crippen molar-refractivity contribution in [3.8, 4) is 0 Å². The highest BCUT2D eigenvalue weighted by Gasteiger charge is 2.20. The zero-order valence-electron chi connectivity index (χ0n) is 7.37. The predicted octanol–water partition coefficient (Wildman–Crippen LogP) is 0.695. The van der Waals surface area contributed by atoms with Gasteiger partial charge in [0.1, 0.15) is 0 Å². The molecule has 3 nitrogen and oxygen atoms in total. The molecule has 1 saturated heterocycles. The molecular weight excluding hydrogens is 154 g/mol. The Bertz CT molecular complexity index is 132. The van der Waals surface area contributed by atoms with Crippen molar-refractivity contribution in [3.05, 3.63) is 12.7 Å². The van der Waals surface area contributed by atoms with Crippen molar-refractivity contribution in [3.63, 3.8) is 0 Å². The topological polar surface area (TPSA) is 44.5 Å². The number of rotatable bonds is 4. The van der Waals surface area contributed by atoms with Crippen molar-refractivity contribution in [2.75, 3.05) is 19.8 Å². The highest BCUT2D eigenvalue weighted by Crippen LogP contribution is 2.08. The first-order chi connectivity index (χ1) is 5.84. The molecular formula is C9H17NO2. The monoisotopic (exact) mass is 171 g/mol. The van der Waals surface area contributed by atoms with E-state index < -0.39 is 0 Å². The first-order valence-corrected chi connectivity index (χ1v) is 4.40. The Labute approximate surface area is 73.5 Å². The molecule has 1 heterocycles.